The number of amides is 2. The average molecular weight is 446 g/mol. The van der Waals surface area contributed by atoms with Crippen LogP contribution in [0.5, 0.6) is 11.5 Å². The first-order valence-corrected chi connectivity index (χ1v) is 10.7. The highest BCUT2D eigenvalue weighted by molar-refractivity contribution is 6.32. The second-order valence-corrected chi connectivity index (χ2v) is 8.33. The standard InChI is InChI=1S/C23H28ClN3O4/c1-25(2)22(30)16-6-8-17(9-7-16)27(13-12-26-10-4-3-5-11-26)23(31)18-14-19(24)21(29)15-20(18)28/h6-9,14-15,28-29H,3-5,10-13H2,1-2H3. The van der Waals surface area contributed by atoms with Crippen molar-refractivity contribution in [3.05, 3.63) is 52.5 Å². The minimum atomic E-state index is -0.428. The summed E-state index contributed by atoms with van der Waals surface area (Å²) in [6, 6.07) is 9.16. The number of anilines is 1. The van der Waals surface area contributed by atoms with Crippen molar-refractivity contribution in [3.8, 4) is 11.5 Å². The van der Waals surface area contributed by atoms with Gasteiger partial charge in [0.1, 0.15) is 11.5 Å². The summed E-state index contributed by atoms with van der Waals surface area (Å²) in [5.41, 5.74) is 1.14. The predicted molar refractivity (Wildman–Crippen MR) is 121 cm³/mol. The molecule has 1 saturated heterocycles. The van der Waals surface area contributed by atoms with E-state index in [2.05, 4.69) is 4.90 Å². The smallest absolute Gasteiger partial charge is 0.262 e. The van der Waals surface area contributed by atoms with E-state index in [0.717, 1.165) is 32.0 Å². The number of hydrogen-bond acceptors (Lipinski definition) is 5. The highest BCUT2D eigenvalue weighted by Crippen LogP contribution is 2.32. The summed E-state index contributed by atoms with van der Waals surface area (Å²) in [5, 5.41) is 19.9. The molecule has 3 rings (SSSR count). The number of nitrogens with zero attached hydrogens (tertiary/aromatic N) is 3. The first-order valence-electron chi connectivity index (χ1n) is 10.4. The van der Waals surface area contributed by atoms with Crippen molar-refractivity contribution >= 4 is 29.1 Å². The Labute approximate surface area is 187 Å². The van der Waals surface area contributed by atoms with E-state index >= 15 is 0 Å². The van der Waals surface area contributed by atoms with Crippen molar-refractivity contribution in [1.82, 2.24) is 9.80 Å². The largest absolute Gasteiger partial charge is 0.507 e. The van der Waals surface area contributed by atoms with Crippen LogP contribution >= 0.6 is 11.6 Å². The summed E-state index contributed by atoms with van der Waals surface area (Å²) in [6.07, 6.45) is 3.51. The molecule has 1 fully saturated rings. The summed E-state index contributed by atoms with van der Waals surface area (Å²) in [5.74, 6) is -1.18. The number of carbonyl (C=O) groups excluding carboxylic acids is 2. The quantitative estimate of drug-likeness (QED) is 0.709. The molecular formula is C23H28ClN3O4. The number of likely N-dealkylation sites (tertiary alicyclic amines) is 1. The molecule has 31 heavy (non-hydrogen) atoms. The molecule has 8 heteroatoms. The molecular weight excluding hydrogens is 418 g/mol. The van der Waals surface area contributed by atoms with Gasteiger partial charge in [-0.1, -0.05) is 18.0 Å². The second-order valence-electron chi connectivity index (χ2n) is 7.93. The number of rotatable bonds is 6. The van der Waals surface area contributed by atoms with E-state index < -0.39 is 5.91 Å². The predicted octanol–water partition coefficient (Wildman–Crippen LogP) is 3.59. The Morgan fingerprint density at radius 3 is 2.23 bits per heavy atom. The van der Waals surface area contributed by atoms with Crippen LogP contribution in [-0.4, -0.2) is 72.1 Å². The van der Waals surface area contributed by atoms with Gasteiger partial charge in [-0.25, -0.2) is 0 Å². The van der Waals surface area contributed by atoms with Gasteiger partial charge in [-0.05, 0) is 56.3 Å². The molecule has 0 atom stereocenters. The first kappa shape index (κ1) is 22.9. The summed E-state index contributed by atoms with van der Waals surface area (Å²) in [4.78, 5) is 30.9. The normalized spacial score (nSPS) is 14.3. The van der Waals surface area contributed by atoms with Gasteiger partial charge in [0.2, 0.25) is 0 Å². The average Bonchev–Trinajstić information content (AvgIpc) is 2.76. The van der Waals surface area contributed by atoms with Crippen molar-refractivity contribution in [2.75, 3.05) is 45.2 Å². The fourth-order valence-electron chi connectivity index (χ4n) is 3.68. The molecule has 0 aromatic heterocycles. The SMILES string of the molecule is CN(C)C(=O)c1ccc(N(CCN2CCCCC2)C(=O)c2cc(Cl)c(O)cc2O)cc1. The first-order chi connectivity index (χ1) is 14.8. The van der Waals surface area contributed by atoms with Gasteiger partial charge in [-0.15, -0.1) is 0 Å². The van der Waals surface area contributed by atoms with E-state index in [4.69, 9.17) is 11.6 Å². The third kappa shape index (κ3) is 5.48. The van der Waals surface area contributed by atoms with Crippen LogP contribution in [0.4, 0.5) is 5.69 Å². The van der Waals surface area contributed by atoms with Crippen LogP contribution in [0.1, 0.15) is 40.0 Å². The minimum absolute atomic E-state index is 0.00916. The molecule has 2 aromatic rings. The Morgan fingerprint density at radius 1 is 0.968 bits per heavy atom. The lowest BCUT2D eigenvalue weighted by Crippen LogP contribution is -2.40. The zero-order valence-corrected chi connectivity index (χ0v) is 18.6. The van der Waals surface area contributed by atoms with Crippen LogP contribution in [-0.2, 0) is 0 Å². The number of piperidine rings is 1. The molecule has 0 unspecified atom stereocenters. The van der Waals surface area contributed by atoms with Crippen LogP contribution in [0.25, 0.3) is 0 Å². The Bertz CT molecular complexity index is 941. The number of benzene rings is 2. The maximum Gasteiger partial charge on any atom is 0.262 e. The van der Waals surface area contributed by atoms with E-state index in [1.807, 2.05) is 0 Å². The fourth-order valence-corrected chi connectivity index (χ4v) is 3.85. The summed E-state index contributed by atoms with van der Waals surface area (Å²) < 4.78 is 0. The number of phenolic OH excluding ortho intramolecular Hbond substituents is 2. The van der Waals surface area contributed by atoms with Crippen molar-refractivity contribution in [3.63, 3.8) is 0 Å². The molecule has 2 aromatic carbocycles. The van der Waals surface area contributed by atoms with Gasteiger partial charge in [0.25, 0.3) is 11.8 Å². The lowest BCUT2D eigenvalue weighted by atomic mass is 10.1. The zero-order valence-electron chi connectivity index (χ0n) is 17.8. The van der Waals surface area contributed by atoms with Crippen molar-refractivity contribution < 1.29 is 19.8 Å². The molecule has 2 amide bonds. The van der Waals surface area contributed by atoms with Crippen molar-refractivity contribution in [2.24, 2.45) is 0 Å². The number of phenols is 2. The van der Waals surface area contributed by atoms with Gasteiger partial charge >= 0.3 is 0 Å². The molecule has 0 saturated carbocycles. The van der Waals surface area contributed by atoms with Crippen LogP contribution in [0, 0.1) is 0 Å². The Morgan fingerprint density at radius 2 is 1.61 bits per heavy atom. The van der Waals surface area contributed by atoms with E-state index in [-0.39, 0.29) is 28.0 Å². The van der Waals surface area contributed by atoms with Crippen LogP contribution in [0.3, 0.4) is 0 Å². The number of hydrogen-bond donors (Lipinski definition) is 2. The molecule has 0 radical (unpaired) electrons. The second kappa shape index (κ2) is 10.0. The molecule has 166 valence electrons. The molecule has 0 aliphatic carbocycles. The number of halogens is 1. The molecule has 1 heterocycles. The van der Waals surface area contributed by atoms with Crippen molar-refractivity contribution in [1.29, 1.82) is 0 Å². The van der Waals surface area contributed by atoms with Crippen molar-refractivity contribution in [2.45, 2.75) is 19.3 Å². The minimum Gasteiger partial charge on any atom is -0.507 e. The lowest BCUT2D eigenvalue weighted by Gasteiger charge is -2.30. The third-order valence-electron chi connectivity index (χ3n) is 5.46. The Hall–Kier alpha value is -2.77. The van der Waals surface area contributed by atoms with E-state index in [9.17, 15) is 19.8 Å². The highest BCUT2D eigenvalue weighted by atomic mass is 35.5. The molecule has 0 bridgehead atoms. The Kier molecular flexibility index (Phi) is 7.41. The van der Waals surface area contributed by atoms with Crippen LogP contribution in [0.2, 0.25) is 5.02 Å². The molecule has 7 nitrogen and oxygen atoms in total. The fraction of sp³-hybridized carbons (Fsp3) is 0.391. The molecule has 2 N–H and O–H groups in total. The highest BCUT2D eigenvalue weighted by Gasteiger charge is 2.24. The van der Waals surface area contributed by atoms with Gasteiger partial charge in [0.15, 0.2) is 0 Å². The summed E-state index contributed by atoms with van der Waals surface area (Å²) >= 11 is 5.98. The van der Waals surface area contributed by atoms with Gasteiger partial charge in [-0.3, -0.25) is 9.59 Å². The molecule has 1 aliphatic rings. The van der Waals surface area contributed by atoms with E-state index in [1.54, 1.807) is 43.3 Å². The molecule has 1 aliphatic heterocycles. The third-order valence-corrected chi connectivity index (χ3v) is 5.76. The summed E-state index contributed by atoms with van der Waals surface area (Å²) in [7, 11) is 3.37. The molecule has 0 spiro atoms. The van der Waals surface area contributed by atoms with E-state index in [1.165, 1.54) is 17.4 Å². The Balaban J connectivity index is 1.89. The number of aromatic hydroxyl groups is 2. The summed E-state index contributed by atoms with van der Waals surface area (Å²) in [6.45, 7) is 3.09. The zero-order chi connectivity index (χ0) is 22.5. The monoisotopic (exact) mass is 445 g/mol. The topological polar surface area (TPSA) is 84.3 Å². The maximum absolute atomic E-state index is 13.4. The van der Waals surface area contributed by atoms with Gasteiger partial charge in [0, 0.05) is 44.5 Å². The number of carbonyl (C=O) groups is 2. The van der Waals surface area contributed by atoms with Crippen LogP contribution in [0.15, 0.2) is 36.4 Å². The maximum atomic E-state index is 13.4. The van der Waals surface area contributed by atoms with Gasteiger partial charge in [0.05, 0.1) is 10.6 Å². The van der Waals surface area contributed by atoms with E-state index in [0.29, 0.717) is 24.3 Å². The van der Waals surface area contributed by atoms with Gasteiger partial charge < -0.3 is 24.9 Å². The van der Waals surface area contributed by atoms with Gasteiger partial charge in [-0.2, -0.15) is 0 Å². The lowest BCUT2D eigenvalue weighted by molar-refractivity contribution is 0.0827. The van der Waals surface area contributed by atoms with Crippen LogP contribution < -0.4 is 4.90 Å².